The Balaban J connectivity index is 2.45. The molecule has 92 valence electrons. The molecule has 0 radical (unpaired) electrons. The minimum absolute atomic E-state index is 0.0553. The van der Waals surface area contributed by atoms with Crippen molar-refractivity contribution in [3.63, 3.8) is 0 Å². The Hall–Kier alpha value is -0.275. The summed E-state index contributed by atoms with van der Waals surface area (Å²) in [6.07, 6.45) is 8.43. The van der Waals surface area contributed by atoms with Crippen LogP contribution in [0, 0.1) is 0 Å². The molecule has 0 aromatic carbocycles. The first kappa shape index (κ1) is 13.8. The van der Waals surface area contributed by atoms with E-state index in [0.29, 0.717) is 0 Å². The molecule has 1 saturated heterocycles. The van der Waals surface area contributed by atoms with Crippen LogP contribution in [-0.2, 0) is 9.31 Å². The van der Waals surface area contributed by atoms with Crippen LogP contribution >= 0.6 is 0 Å². The SMILES string of the molecule is CC/C=C/CCB1OC(C)(C)CC(C)(C)O1. The van der Waals surface area contributed by atoms with Crippen LogP contribution in [0.5, 0.6) is 0 Å². The zero-order valence-corrected chi connectivity index (χ0v) is 11.4. The van der Waals surface area contributed by atoms with Crippen LogP contribution in [0.4, 0.5) is 0 Å². The van der Waals surface area contributed by atoms with Gasteiger partial charge < -0.3 is 9.31 Å². The molecule has 2 nitrogen and oxygen atoms in total. The monoisotopic (exact) mass is 224 g/mol. The van der Waals surface area contributed by atoms with Gasteiger partial charge in [-0.1, -0.05) is 19.1 Å². The van der Waals surface area contributed by atoms with E-state index in [1.54, 1.807) is 0 Å². The van der Waals surface area contributed by atoms with Crippen molar-refractivity contribution >= 4 is 7.12 Å². The van der Waals surface area contributed by atoms with Gasteiger partial charge in [0.05, 0.1) is 11.2 Å². The first-order valence-electron chi connectivity index (χ1n) is 6.35. The van der Waals surface area contributed by atoms with Crippen LogP contribution < -0.4 is 0 Å². The summed E-state index contributed by atoms with van der Waals surface area (Å²) in [6.45, 7) is 10.7. The third-order valence-electron chi connectivity index (χ3n) is 2.72. The number of hydrogen-bond donors (Lipinski definition) is 0. The molecule has 0 N–H and O–H groups in total. The van der Waals surface area contributed by atoms with E-state index in [9.17, 15) is 0 Å². The number of hydrogen-bond acceptors (Lipinski definition) is 2. The lowest BCUT2D eigenvalue weighted by Crippen LogP contribution is -2.51. The first-order chi connectivity index (χ1) is 7.35. The minimum Gasteiger partial charge on any atom is -0.406 e. The third kappa shape index (κ3) is 4.71. The normalized spacial score (nSPS) is 23.9. The van der Waals surface area contributed by atoms with Crippen molar-refractivity contribution < 1.29 is 9.31 Å². The van der Waals surface area contributed by atoms with Gasteiger partial charge in [-0.25, -0.2) is 0 Å². The first-order valence-corrected chi connectivity index (χ1v) is 6.35. The highest BCUT2D eigenvalue weighted by atomic mass is 16.6. The minimum atomic E-state index is -0.0686. The van der Waals surface area contributed by atoms with Gasteiger partial charge in [0, 0.05) is 6.42 Å². The van der Waals surface area contributed by atoms with Crippen molar-refractivity contribution in [2.45, 2.75) is 71.4 Å². The molecule has 0 aromatic rings. The maximum Gasteiger partial charge on any atom is 0.457 e. The molecule has 0 bridgehead atoms. The molecular weight excluding hydrogens is 199 g/mol. The largest absolute Gasteiger partial charge is 0.457 e. The van der Waals surface area contributed by atoms with E-state index in [0.717, 1.165) is 25.6 Å². The van der Waals surface area contributed by atoms with Crippen molar-refractivity contribution in [3.8, 4) is 0 Å². The highest BCUT2D eigenvalue weighted by Gasteiger charge is 2.41. The van der Waals surface area contributed by atoms with Crippen LogP contribution in [0.25, 0.3) is 0 Å². The third-order valence-corrected chi connectivity index (χ3v) is 2.72. The Labute approximate surface area is 101 Å². The topological polar surface area (TPSA) is 18.5 Å². The van der Waals surface area contributed by atoms with Crippen LogP contribution in [0.1, 0.15) is 53.9 Å². The molecule has 16 heavy (non-hydrogen) atoms. The van der Waals surface area contributed by atoms with Crippen LogP contribution in [0.3, 0.4) is 0 Å². The van der Waals surface area contributed by atoms with Gasteiger partial charge in [-0.15, -0.1) is 0 Å². The smallest absolute Gasteiger partial charge is 0.406 e. The summed E-state index contributed by atoms with van der Waals surface area (Å²) < 4.78 is 11.9. The number of allylic oxidation sites excluding steroid dienone is 2. The lowest BCUT2D eigenvalue weighted by atomic mass is 9.75. The molecular formula is C13H25BO2. The average Bonchev–Trinajstić information content (AvgIpc) is 2.07. The Kier molecular flexibility index (Phi) is 4.63. The Morgan fingerprint density at radius 3 is 2.12 bits per heavy atom. The van der Waals surface area contributed by atoms with E-state index < -0.39 is 0 Å². The summed E-state index contributed by atoms with van der Waals surface area (Å²) >= 11 is 0. The maximum absolute atomic E-state index is 5.93. The van der Waals surface area contributed by atoms with Crippen LogP contribution in [0.2, 0.25) is 6.32 Å². The fraction of sp³-hybridized carbons (Fsp3) is 0.846. The number of rotatable bonds is 4. The van der Waals surface area contributed by atoms with Gasteiger partial charge in [0.2, 0.25) is 0 Å². The summed E-state index contributed by atoms with van der Waals surface area (Å²) in [5.74, 6) is 0. The van der Waals surface area contributed by atoms with Crippen molar-refractivity contribution in [2.24, 2.45) is 0 Å². The highest BCUT2D eigenvalue weighted by Crippen LogP contribution is 2.34. The second-order valence-corrected chi connectivity index (χ2v) is 5.82. The van der Waals surface area contributed by atoms with Crippen molar-refractivity contribution in [1.29, 1.82) is 0 Å². The van der Waals surface area contributed by atoms with Crippen molar-refractivity contribution in [3.05, 3.63) is 12.2 Å². The fourth-order valence-electron chi connectivity index (χ4n) is 2.48. The lowest BCUT2D eigenvalue weighted by molar-refractivity contribution is -0.0766. The zero-order chi connectivity index (χ0) is 12.2. The molecule has 3 heteroatoms. The molecule has 0 aromatic heterocycles. The Morgan fingerprint density at radius 2 is 1.62 bits per heavy atom. The summed E-state index contributed by atoms with van der Waals surface area (Å²) in [5.41, 5.74) is -0.137. The predicted molar refractivity (Wildman–Crippen MR) is 69.6 cm³/mol. The molecule has 0 spiro atoms. The van der Waals surface area contributed by atoms with Gasteiger partial charge in [0.15, 0.2) is 0 Å². The molecule has 1 fully saturated rings. The van der Waals surface area contributed by atoms with Gasteiger partial charge in [-0.05, 0) is 46.9 Å². The Bertz CT molecular complexity index is 230. The Morgan fingerprint density at radius 1 is 1.06 bits per heavy atom. The van der Waals surface area contributed by atoms with E-state index in [4.69, 9.17) is 9.31 Å². The van der Waals surface area contributed by atoms with E-state index in [1.807, 2.05) is 0 Å². The van der Waals surface area contributed by atoms with E-state index in [-0.39, 0.29) is 18.3 Å². The second-order valence-electron chi connectivity index (χ2n) is 5.82. The van der Waals surface area contributed by atoms with Gasteiger partial charge in [0.25, 0.3) is 0 Å². The van der Waals surface area contributed by atoms with Crippen molar-refractivity contribution in [2.75, 3.05) is 0 Å². The maximum atomic E-state index is 5.93. The van der Waals surface area contributed by atoms with Gasteiger partial charge in [0.1, 0.15) is 0 Å². The van der Waals surface area contributed by atoms with Gasteiger partial charge in [-0.2, -0.15) is 0 Å². The molecule has 0 amide bonds. The second kappa shape index (κ2) is 5.37. The van der Waals surface area contributed by atoms with Crippen LogP contribution in [-0.4, -0.2) is 18.3 Å². The summed E-state index contributed by atoms with van der Waals surface area (Å²) in [5, 5.41) is 0. The van der Waals surface area contributed by atoms with Gasteiger partial charge >= 0.3 is 7.12 Å². The molecule has 1 heterocycles. The van der Waals surface area contributed by atoms with Gasteiger partial charge in [-0.3, -0.25) is 0 Å². The lowest BCUT2D eigenvalue weighted by Gasteiger charge is -2.44. The molecule has 0 aliphatic carbocycles. The molecule has 1 rings (SSSR count). The quantitative estimate of drug-likeness (QED) is 0.533. The summed E-state index contributed by atoms with van der Waals surface area (Å²) in [6, 6.07) is 0. The molecule has 1 aliphatic heterocycles. The standard InChI is InChI=1S/C13H25BO2/c1-6-7-8-9-10-14-15-12(2,3)11-13(4,5)16-14/h7-8H,6,9-11H2,1-5H3/b8-7+. The zero-order valence-electron chi connectivity index (χ0n) is 11.4. The molecule has 1 aliphatic rings. The van der Waals surface area contributed by atoms with Crippen LogP contribution in [0.15, 0.2) is 12.2 Å². The fourth-order valence-corrected chi connectivity index (χ4v) is 2.48. The molecule has 0 atom stereocenters. The van der Waals surface area contributed by atoms with Crippen molar-refractivity contribution in [1.82, 2.24) is 0 Å². The van der Waals surface area contributed by atoms with E-state index in [1.165, 1.54) is 0 Å². The average molecular weight is 224 g/mol. The summed E-state index contributed by atoms with van der Waals surface area (Å²) in [7, 11) is -0.0553. The summed E-state index contributed by atoms with van der Waals surface area (Å²) in [4.78, 5) is 0. The van der Waals surface area contributed by atoms with E-state index >= 15 is 0 Å². The molecule has 0 unspecified atom stereocenters. The highest BCUT2D eigenvalue weighted by molar-refractivity contribution is 6.44. The predicted octanol–water partition coefficient (Wildman–Crippen LogP) is 3.83. The van der Waals surface area contributed by atoms with E-state index in [2.05, 4.69) is 46.8 Å². The molecule has 0 saturated carbocycles.